The van der Waals surface area contributed by atoms with Gasteiger partial charge in [-0.1, -0.05) is 24.3 Å². The van der Waals surface area contributed by atoms with E-state index in [1.165, 1.54) is 16.2 Å². The summed E-state index contributed by atoms with van der Waals surface area (Å²) in [7, 11) is 1.64. The second-order valence-corrected chi connectivity index (χ2v) is 8.69. The van der Waals surface area contributed by atoms with Crippen LogP contribution in [0.25, 0.3) is 10.2 Å². The number of carbonyl (C=O) groups excluding carboxylic acids is 1. The number of hydrogen-bond donors (Lipinski definition) is 2. The standard InChI is InChI=1S/C19H22N4O2S2/c1-3-8-23-9-7-11-14(10-23)26-18(15(11)17(20)24)22-19-21-16-12(25-2)5-4-6-13(16)27-19/h4-6H,3,7-10H2,1-2H3,(H2,20,24)(H,21,22). The van der Waals surface area contributed by atoms with Crippen molar-refractivity contribution in [2.45, 2.75) is 26.3 Å². The third-order valence-corrected chi connectivity index (χ3v) is 6.81. The van der Waals surface area contributed by atoms with Crippen molar-refractivity contribution >= 4 is 48.9 Å². The highest BCUT2D eigenvalue weighted by molar-refractivity contribution is 7.23. The Balaban J connectivity index is 1.69. The number of nitrogens with one attached hydrogen (secondary N) is 1. The van der Waals surface area contributed by atoms with Crippen LogP contribution in [0.2, 0.25) is 0 Å². The quantitative estimate of drug-likeness (QED) is 0.652. The van der Waals surface area contributed by atoms with E-state index in [0.717, 1.165) is 64.1 Å². The Labute approximate surface area is 166 Å². The van der Waals surface area contributed by atoms with E-state index in [0.29, 0.717) is 5.56 Å². The first-order chi connectivity index (χ1) is 13.1. The number of primary amides is 1. The van der Waals surface area contributed by atoms with E-state index in [9.17, 15) is 4.79 Å². The summed E-state index contributed by atoms with van der Waals surface area (Å²) in [6, 6.07) is 5.86. The molecule has 1 aliphatic rings. The molecule has 0 fully saturated rings. The van der Waals surface area contributed by atoms with Gasteiger partial charge in [0.2, 0.25) is 0 Å². The number of fused-ring (bicyclic) bond motifs is 2. The zero-order valence-electron chi connectivity index (χ0n) is 15.4. The van der Waals surface area contributed by atoms with Gasteiger partial charge in [0.25, 0.3) is 5.91 Å². The lowest BCUT2D eigenvalue weighted by molar-refractivity contribution is 0.1000. The second-order valence-electron chi connectivity index (χ2n) is 6.55. The smallest absolute Gasteiger partial charge is 0.251 e. The zero-order valence-corrected chi connectivity index (χ0v) is 17.0. The Kier molecular flexibility index (Phi) is 5.03. The van der Waals surface area contributed by atoms with E-state index in [-0.39, 0.29) is 5.91 Å². The van der Waals surface area contributed by atoms with Crippen molar-refractivity contribution in [2.24, 2.45) is 5.73 Å². The molecule has 0 atom stereocenters. The molecule has 6 nitrogen and oxygen atoms in total. The minimum Gasteiger partial charge on any atom is -0.494 e. The number of methoxy groups -OCH3 is 1. The molecule has 4 rings (SSSR count). The van der Waals surface area contributed by atoms with Crippen molar-refractivity contribution in [1.29, 1.82) is 0 Å². The molecule has 1 aliphatic heterocycles. The van der Waals surface area contributed by atoms with Crippen LogP contribution in [0.3, 0.4) is 0 Å². The third kappa shape index (κ3) is 3.40. The van der Waals surface area contributed by atoms with Gasteiger partial charge in [-0.2, -0.15) is 0 Å². The van der Waals surface area contributed by atoms with Gasteiger partial charge in [0, 0.05) is 18.0 Å². The van der Waals surface area contributed by atoms with E-state index < -0.39 is 0 Å². The summed E-state index contributed by atoms with van der Waals surface area (Å²) >= 11 is 3.15. The molecule has 142 valence electrons. The van der Waals surface area contributed by atoms with Gasteiger partial charge in [0.15, 0.2) is 5.13 Å². The predicted molar refractivity (Wildman–Crippen MR) is 112 cm³/mol. The van der Waals surface area contributed by atoms with E-state index in [1.807, 2.05) is 18.2 Å². The van der Waals surface area contributed by atoms with Crippen LogP contribution in [0.15, 0.2) is 18.2 Å². The highest BCUT2D eigenvalue weighted by Gasteiger charge is 2.27. The van der Waals surface area contributed by atoms with E-state index in [1.54, 1.807) is 18.4 Å². The van der Waals surface area contributed by atoms with Crippen molar-refractivity contribution in [1.82, 2.24) is 9.88 Å². The van der Waals surface area contributed by atoms with Gasteiger partial charge >= 0.3 is 0 Å². The molecule has 0 radical (unpaired) electrons. The zero-order chi connectivity index (χ0) is 19.0. The largest absolute Gasteiger partial charge is 0.494 e. The summed E-state index contributed by atoms with van der Waals surface area (Å²) in [6.07, 6.45) is 1.99. The first kappa shape index (κ1) is 18.2. The number of thiophene rings is 1. The molecular weight excluding hydrogens is 380 g/mol. The van der Waals surface area contributed by atoms with Crippen LogP contribution in [-0.4, -0.2) is 36.0 Å². The molecule has 0 aliphatic carbocycles. The fourth-order valence-corrected chi connectivity index (χ4v) is 5.80. The highest BCUT2D eigenvalue weighted by atomic mass is 32.1. The number of para-hydroxylation sites is 1. The number of rotatable bonds is 6. The minimum atomic E-state index is -0.377. The summed E-state index contributed by atoms with van der Waals surface area (Å²) in [4.78, 5) is 20.5. The molecule has 0 unspecified atom stereocenters. The fraction of sp³-hybridized carbons (Fsp3) is 0.368. The molecule has 27 heavy (non-hydrogen) atoms. The van der Waals surface area contributed by atoms with Crippen molar-refractivity contribution in [3.8, 4) is 5.75 Å². The Morgan fingerprint density at radius 2 is 2.26 bits per heavy atom. The van der Waals surface area contributed by atoms with Gasteiger partial charge in [0.1, 0.15) is 16.3 Å². The first-order valence-corrected chi connectivity index (χ1v) is 10.6. The monoisotopic (exact) mass is 402 g/mol. The number of benzene rings is 1. The van der Waals surface area contributed by atoms with Crippen LogP contribution >= 0.6 is 22.7 Å². The second kappa shape index (κ2) is 7.46. The molecular formula is C19H22N4O2S2. The molecule has 8 heteroatoms. The molecule has 0 bridgehead atoms. The summed E-state index contributed by atoms with van der Waals surface area (Å²) in [5, 5.41) is 4.88. The number of hydrogen-bond acceptors (Lipinski definition) is 7. The molecule has 2 aromatic heterocycles. The molecule has 0 saturated heterocycles. The summed E-state index contributed by atoms with van der Waals surface area (Å²) in [5.41, 5.74) is 8.27. The maximum atomic E-state index is 12.2. The minimum absolute atomic E-state index is 0.377. The average Bonchev–Trinajstić information content (AvgIpc) is 3.21. The fourth-order valence-electron chi connectivity index (χ4n) is 3.55. The van der Waals surface area contributed by atoms with Crippen molar-refractivity contribution in [3.63, 3.8) is 0 Å². The lowest BCUT2D eigenvalue weighted by Crippen LogP contribution is -2.31. The highest BCUT2D eigenvalue weighted by Crippen LogP contribution is 2.40. The molecule has 1 amide bonds. The number of amides is 1. The Morgan fingerprint density at radius 3 is 3.00 bits per heavy atom. The number of thiazole rings is 1. The Hall–Kier alpha value is -2.16. The molecule has 0 spiro atoms. The maximum absolute atomic E-state index is 12.2. The summed E-state index contributed by atoms with van der Waals surface area (Å²) in [5.74, 6) is 0.366. The number of anilines is 2. The van der Waals surface area contributed by atoms with Crippen LogP contribution in [-0.2, 0) is 13.0 Å². The molecule has 3 heterocycles. The molecule has 0 saturated carbocycles. The Morgan fingerprint density at radius 1 is 1.41 bits per heavy atom. The number of carbonyl (C=O) groups is 1. The third-order valence-electron chi connectivity index (χ3n) is 4.74. The number of nitrogens with zero attached hydrogens (tertiary/aromatic N) is 2. The van der Waals surface area contributed by atoms with Gasteiger partial charge in [-0.15, -0.1) is 11.3 Å². The van der Waals surface area contributed by atoms with Crippen LogP contribution < -0.4 is 15.8 Å². The molecule has 3 N–H and O–H groups in total. The lowest BCUT2D eigenvalue weighted by Gasteiger charge is -2.26. The normalized spacial score (nSPS) is 14.3. The van der Waals surface area contributed by atoms with Gasteiger partial charge in [0.05, 0.1) is 17.4 Å². The maximum Gasteiger partial charge on any atom is 0.251 e. The number of ether oxygens (including phenoxy) is 1. The van der Waals surface area contributed by atoms with E-state index in [2.05, 4.69) is 22.1 Å². The van der Waals surface area contributed by atoms with Gasteiger partial charge in [-0.3, -0.25) is 9.69 Å². The SMILES string of the molecule is CCCN1CCc2c(sc(Nc3nc4c(OC)cccc4s3)c2C(N)=O)C1. The van der Waals surface area contributed by atoms with Crippen molar-refractivity contribution in [3.05, 3.63) is 34.2 Å². The molecule has 3 aromatic rings. The number of nitrogens with two attached hydrogens (primary N) is 1. The van der Waals surface area contributed by atoms with E-state index in [4.69, 9.17) is 10.5 Å². The van der Waals surface area contributed by atoms with Crippen LogP contribution in [0.1, 0.15) is 34.1 Å². The topological polar surface area (TPSA) is 80.5 Å². The van der Waals surface area contributed by atoms with Crippen LogP contribution in [0, 0.1) is 0 Å². The molecule has 1 aromatic carbocycles. The summed E-state index contributed by atoms with van der Waals surface area (Å²) < 4.78 is 6.43. The predicted octanol–water partition coefficient (Wildman–Crippen LogP) is 3.98. The van der Waals surface area contributed by atoms with Gasteiger partial charge in [-0.25, -0.2) is 4.98 Å². The average molecular weight is 403 g/mol. The van der Waals surface area contributed by atoms with E-state index >= 15 is 0 Å². The summed E-state index contributed by atoms with van der Waals surface area (Å²) in [6.45, 7) is 5.11. The van der Waals surface area contributed by atoms with Gasteiger partial charge < -0.3 is 15.8 Å². The van der Waals surface area contributed by atoms with Crippen molar-refractivity contribution < 1.29 is 9.53 Å². The first-order valence-electron chi connectivity index (χ1n) is 8.98. The van der Waals surface area contributed by atoms with Crippen molar-refractivity contribution in [2.75, 3.05) is 25.5 Å². The lowest BCUT2D eigenvalue weighted by atomic mass is 10.0. The van der Waals surface area contributed by atoms with Crippen LogP contribution in [0.5, 0.6) is 5.75 Å². The Bertz CT molecular complexity index is 995. The number of aromatic nitrogens is 1. The van der Waals surface area contributed by atoms with Crippen LogP contribution in [0.4, 0.5) is 10.1 Å². The van der Waals surface area contributed by atoms with Gasteiger partial charge in [-0.05, 0) is 37.1 Å².